The smallest absolute Gasteiger partial charge is 0.334 e. The molecule has 2 aromatic rings. The number of aromatic amines is 1. The summed E-state index contributed by atoms with van der Waals surface area (Å²) in [5.41, 5.74) is 5.57. The number of aromatic nitrogens is 2. The third-order valence-electron chi connectivity index (χ3n) is 3.48. The molecule has 0 atom stereocenters. The van der Waals surface area contributed by atoms with E-state index >= 15 is 0 Å². The number of hydrogen-bond acceptors (Lipinski definition) is 3. The molecule has 1 saturated carbocycles. The predicted octanol–water partition coefficient (Wildman–Crippen LogP) is 1.55. The van der Waals surface area contributed by atoms with Crippen molar-refractivity contribution in [2.75, 3.05) is 5.73 Å². The first-order chi connectivity index (χ1) is 8.93. The summed E-state index contributed by atoms with van der Waals surface area (Å²) in [6.07, 6.45) is 1.73. The first kappa shape index (κ1) is 12.2. The van der Waals surface area contributed by atoms with Gasteiger partial charge in [0.05, 0.1) is 10.5 Å². The number of aryl methyl sites for hydroxylation is 1. The molecule has 0 aromatic carbocycles. The molecule has 0 spiro atoms. The van der Waals surface area contributed by atoms with Gasteiger partial charge in [-0.1, -0.05) is 11.6 Å². The highest BCUT2D eigenvalue weighted by atomic mass is 35.5. The van der Waals surface area contributed by atoms with Crippen molar-refractivity contribution in [3.8, 4) is 0 Å². The van der Waals surface area contributed by atoms with Crippen LogP contribution in [0, 0.1) is 12.7 Å². The zero-order valence-corrected chi connectivity index (χ0v) is 10.8. The van der Waals surface area contributed by atoms with E-state index in [0.29, 0.717) is 16.6 Å². The molecule has 5 nitrogen and oxygen atoms in total. The van der Waals surface area contributed by atoms with Gasteiger partial charge in [0.2, 0.25) is 0 Å². The van der Waals surface area contributed by atoms with Crippen LogP contribution in [0.15, 0.2) is 9.59 Å². The van der Waals surface area contributed by atoms with Crippen molar-refractivity contribution in [2.45, 2.75) is 25.7 Å². The first-order valence-electron chi connectivity index (χ1n) is 5.85. The molecule has 0 radical (unpaired) electrons. The molecule has 0 saturated heterocycles. The Morgan fingerprint density at radius 1 is 1.42 bits per heavy atom. The van der Waals surface area contributed by atoms with Crippen LogP contribution in [0.1, 0.15) is 29.9 Å². The average Bonchev–Trinajstić information content (AvgIpc) is 3.17. The second kappa shape index (κ2) is 3.84. The summed E-state index contributed by atoms with van der Waals surface area (Å²) >= 11 is 5.88. The topological polar surface area (TPSA) is 80.4 Å². The minimum atomic E-state index is -0.845. The molecule has 0 bridgehead atoms. The van der Waals surface area contributed by atoms with Crippen LogP contribution < -0.4 is 17.0 Å². The number of nitrogens with one attached hydrogen (secondary N) is 1. The maximum atomic E-state index is 13.8. The van der Waals surface area contributed by atoms with Crippen molar-refractivity contribution < 1.29 is 4.39 Å². The number of H-pyrrole nitrogens is 1. The van der Waals surface area contributed by atoms with Gasteiger partial charge in [-0.2, -0.15) is 0 Å². The van der Waals surface area contributed by atoms with Crippen LogP contribution in [0.5, 0.6) is 0 Å². The molecule has 100 valence electrons. The zero-order chi connectivity index (χ0) is 13.9. The van der Waals surface area contributed by atoms with Gasteiger partial charge in [0.25, 0.3) is 5.56 Å². The Balaban J connectivity index is 2.65. The third kappa shape index (κ3) is 1.59. The Kier molecular flexibility index (Phi) is 2.47. The van der Waals surface area contributed by atoms with Crippen LogP contribution in [-0.2, 0) is 0 Å². The van der Waals surface area contributed by atoms with Gasteiger partial charge in [-0.3, -0.25) is 9.78 Å². The van der Waals surface area contributed by atoms with E-state index in [2.05, 4.69) is 4.98 Å². The fourth-order valence-corrected chi connectivity index (χ4v) is 2.57. The second-order valence-electron chi connectivity index (χ2n) is 4.77. The van der Waals surface area contributed by atoms with Gasteiger partial charge in [-0.15, -0.1) is 0 Å². The van der Waals surface area contributed by atoms with Crippen LogP contribution in [0.3, 0.4) is 0 Å². The lowest BCUT2D eigenvalue weighted by Crippen LogP contribution is -2.31. The lowest BCUT2D eigenvalue weighted by atomic mass is 10.1. The van der Waals surface area contributed by atoms with Crippen molar-refractivity contribution in [1.82, 2.24) is 9.38 Å². The van der Waals surface area contributed by atoms with Crippen molar-refractivity contribution in [2.24, 2.45) is 0 Å². The fourth-order valence-electron chi connectivity index (χ4n) is 2.38. The minimum Gasteiger partial charge on any atom is -0.382 e. The Bertz CT molecular complexity index is 821. The maximum absolute atomic E-state index is 13.8. The SMILES string of the molecule is Cc1c(Cl)c(F)c(N)n2c(=O)[nH]c(=O)c(C3CC3)c12. The van der Waals surface area contributed by atoms with E-state index < -0.39 is 17.1 Å². The van der Waals surface area contributed by atoms with Gasteiger partial charge in [-0.05, 0) is 31.2 Å². The standard InChI is InChI=1S/C12H11ClFN3O2/c1-4-7(13)8(14)10(15)17-9(4)6(5-2-3-5)11(18)16-12(17)19/h5H,2-3,15H2,1H3,(H,16,18,19). The van der Waals surface area contributed by atoms with Gasteiger partial charge >= 0.3 is 5.69 Å². The molecular formula is C12H11ClFN3O2. The van der Waals surface area contributed by atoms with Gasteiger partial charge in [0, 0.05) is 5.56 Å². The predicted molar refractivity (Wildman–Crippen MR) is 70.4 cm³/mol. The van der Waals surface area contributed by atoms with E-state index in [1.807, 2.05) is 0 Å². The number of hydrogen-bond donors (Lipinski definition) is 2. The third-order valence-corrected chi connectivity index (χ3v) is 3.92. The lowest BCUT2D eigenvalue weighted by Gasteiger charge is -2.13. The second-order valence-corrected chi connectivity index (χ2v) is 5.15. The molecule has 2 heterocycles. The van der Waals surface area contributed by atoms with Gasteiger partial charge in [0.15, 0.2) is 5.82 Å². The Morgan fingerprint density at radius 3 is 2.63 bits per heavy atom. The maximum Gasteiger partial charge on any atom is 0.334 e. The summed E-state index contributed by atoms with van der Waals surface area (Å²) < 4.78 is 14.8. The number of fused-ring (bicyclic) bond motifs is 1. The Hall–Kier alpha value is -1.82. The van der Waals surface area contributed by atoms with Crippen LogP contribution >= 0.6 is 11.6 Å². The molecule has 1 aliphatic rings. The quantitative estimate of drug-likeness (QED) is 0.833. The molecule has 7 heteroatoms. The molecule has 3 N–H and O–H groups in total. The Labute approximate surface area is 111 Å². The van der Waals surface area contributed by atoms with E-state index in [1.165, 1.54) is 0 Å². The zero-order valence-electron chi connectivity index (χ0n) is 10.1. The molecule has 2 aromatic heterocycles. The summed E-state index contributed by atoms with van der Waals surface area (Å²) in [6.45, 7) is 1.57. The van der Waals surface area contributed by atoms with E-state index in [1.54, 1.807) is 6.92 Å². The lowest BCUT2D eigenvalue weighted by molar-refractivity contribution is 0.622. The van der Waals surface area contributed by atoms with E-state index in [4.69, 9.17) is 17.3 Å². The summed E-state index contributed by atoms with van der Waals surface area (Å²) in [5.74, 6) is -1.14. The van der Waals surface area contributed by atoms with E-state index in [0.717, 1.165) is 17.2 Å². The summed E-state index contributed by atoms with van der Waals surface area (Å²) in [5, 5.41) is -0.149. The fraction of sp³-hybridized carbons (Fsp3) is 0.333. The molecule has 1 fully saturated rings. The number of halogens is 2. The highest BCUT2D eigenvalue weighted by Crippen LogP contribution is 2.41. The molecule has 19 heavy (non-hydrogen) atoms. The van der Waals surface area contributed by atoms with Gasteiger partial charge in [-0.25, -0.2) is 13.6 Å². The molecule has 1 aliphatic carbocycles. The molecule has 0 unspecified atom stereocenters. The molecule has 3 rings (SSSR count). The number of nitrogen functional groups attached to an aromatic ring is 1. The molecule has 0 amide bonds. The average molecular weight is 284 g/mol. The van der Waals surface area contributed by atoms with Crippen molar-refractivity contribution >= 4 is 22.9 Å². The number of rotatable bonds is 1. The highest BCUT2D eigenvalue weighted by Gasteiger charge is 2.31. The van der Waals surface area contributed by atoms with E-state index in [9.17, 15) is 14.0 Å². The largest absolute Gasteiger partial charge is 0.382 e. The normalized spacial score (nSPS) is 15.1. The monoisotopic (exact) mass is 283 g/mol. The highest BCUT2D eigenvalue weighted by molar-refractivity contribution is 6.32. The number of nitrogens with zero attached hydrogens (tertiary/aromatic N) is 1. The van der Waals surface area contributed by atoms with E-state index in [-0.39, 0.29) is 16.8 Å². The molecular weight excluding hydrogens is 273 g/mol. The van der Waals surface area contributed by atoms with Crippen LogP contribution in [-0.4, -0.2) is 9.38 Å². The first-order valence-corrected chi connectivity index (χ1v) is 6.23. The Morgan fingerprint density at radius 2 is 2.05 bits per heavy atom. The minimum absolute atomic E-state index is 0.0824. The van der Waals surface area contributed by atoms with Crippen LogP contribution in [0.25, 0.3) is 5.52 Å². The summed E-state index contributed by atoms with van der Waals surface area (Å²) in [6, 6.07) is 0. The van der Waals surface area contributed by atoms with Gasteiger partial charge in [0.1, 0.15) is 5.82 Å². The number of pyridine rings is 1. The van der Waals surface area contributed by atoms with Crippen LogP contribution in [0.4, 0.5) is 10.2 Å². The number of nitrogens with two attached hydrogens (primary N) is 1. The van der Waals surface area contributed by atoms with Gasteiger partial charge < -0.3 is 5.73 Å². The summed E-state index contributed by atoms with van der Waals surface area (Å²) in [7, 11) is 0. The van der Waals surface area contributed by atoms with Crippen molar-refractivity contribution in [3.63, 3.8) is 0 Å². The van der Waals surface area contributed by atoms with Crippen LogP contribution in [0.2, 0.25) is 5.02 Å². The van der Waals surface area contributed by atoms with Crippen molar-refractivity contribution in [1.29, 1.82) is 0 Å². The summed E-state index contributed by atoms with van der Waals surface area (Å²) in [4.78, 5) is 26.0. The number of anilines is 1. The van der Waals surface area contributed by atoms with Crippen molar-refractivity contribution in [3.05, 3.63) is 42.8 Å². The molecule has 0 aliphatic heterocycles.